The first-order chi connectivity index (χ1) is 12.3. The lowest BCUT2D eigenvalue weighted by Crippen LogP contribution is -2.55. The van der Waals surface area contributed by atoms with Crippen LogP contribution >= 0.6 is 0 Å². The zero-order valence-electron chi connectivity index (χ0n) is 16.0. The normalized spacial score (nSPS) is 22.8. The minimum atomic E-state index is -0.423. The monoisotopic (exact) mass is 362 g/mol. The van der Waals surface area contributed by atoms with Crippen molar-refractivity contribution in [2.45, 2.75) is 44.6 Å². The van der Waals surface area contributed by atoms with Gasteiger partial charge in [0.2, 0.25) is 5.91 Å². The number of benzene rings is 1. The molecule has 7 nitrogen and oxygen atoms in total. The number of nitro groups is 1. The van der Waals surface area contributed by atoms with Crippen LogP contribution in [0, 0.1) is 16.0 Å². The molecule has 1 aliphatic rings. The number of hydrogen-bond donors (Lipinski definition) is 2. The van der Waals surface area contributed by atoms with E-state index in [0.29, 0.717) is 24.7 Å². The first kappa shape index (κ1) is 20.2. The number of nitrogens with zero attached hydrogens (tertiary/aromatic N) is 2. The van der Waals surface area contributed by atoms with E-state index in [1.54, 1.807) is 18.2 Å². The van der Waals surface area contributed by atoms with Crippen LogP contribution in [0.5, 0.6) is 0 Å². The highest BCUT2D eigenvalue weighted by molar-refractivity contribution is 5.76. The number of amides is 1. The lowest BCUT2D eigenvalue weighted by molar-refractivity contribution is -0.384. The molecule has 0 heterocycles. The van der Waals surface area contributed by atoms with Crippen molar-refractivity contribution in [1.29, 1.82) is 0 Å². The van der Waals surface area contributed by atoms with Crippen LogP contribution in [0.1, 0.15) is 39.0 Å². The van der Waals surface area contributed by atoms with E-state index in [0.717, 1.165) is 12.8 Å². The van der Waals surface area contributed by atoms with Gasteiger partial charge in [0, 0.05) is 31.1 Å². The standard InChI is InChI=1S/C19H30N4O3/c1-15-7-6-11-19(13-15,22(2)3)14-21-18(24)10-12-20-16-8-4-5-9-17(16)23(25)26/h4-5,8-9,15,20H,6-7,10-14H2,1-3H3,(H,21,24)/t15-,19+/m1/s1. The molecule has 2 rings (SSSR count). The van der Waals surface area contributed by atoms with E-state index >= 15 is 0 Å². The van der Waals surface area contributed by atoms with Gasteiger partial charge in [0.05, 0.1) is 4.92 Å². The fourth-order valence-electron chi connectivity index (χ4n) is 3.80. The highest BCUT2D eigenvalue weighted by Gasteiger charge is 2.37. The van der Waals surface area contributed by atoms with Crippen LogP contribution in [-0.4, -0.2) is 48.5 Å². The Kier molecular flexibility index (Phi) is 6.97. The molecule has 1 fully saturated rings. The third-order valence-corrected chi connectivity index (χ3v) is 5.40. The van der Waals surface area contributed by atoms with E-state index in [-0.39, 0.29) is 23.6 Å². The SMILES string of the molecule is C[C@@H]1CCC[C@](CNC(=O)CCNc2ccccc2[N+](=O)[O-])(N(C)C)C1. The minimum absolute atomic E-state index is 0.0238. The van der Waals surface area contributed by atoms with E-state index in [4.69, 9.17) is 0 Å². The molecule has 0 radical (unpaired) electrons. The van der Waals surface area contributed by atoms with Gasteiger partial charge in [0.1, 0.15) is 5.69 Å². The summed E-state index contributed by atoms with van der Waals surface area (Å²) in [6.45, 7) is 3.28. The molecule has 2 atom stereocenters. The first-order valence-corrected chi connectivity index (χ1v) is 9.25. The number of anilines is 1. The van der Waals surface area contributed by atoms with Crippen molar-refractivity contribution >= 4 is 17.3 Å². The second-order valence-electron chi connectivity index (χ2n) is 7.55. The summed E-state index contributed by atoms with van der Waals surface area (Å²) in [5.74, 6) is 0.638. The fraction of sp³-hybridized carbons (Fsp3) is 0.632. The lowest BCUT2D eigenvalue weighted by atomic mass is 9.75. The predicted octanol–water partition coefficient (Wildman–Crippen LogP) is 3.02. The molecule has 1 saturated carbocycles. The van der Waals surface area contributed by atoms with Crippen molar-refractivity contribution < 1.29 is 9.72 Å². The van der Waals surface area contributed by atoms with Crippen molar-refractivity contribution in [2.24, 2.45) is 5.92 Å². The van der Waals surface area contributed by atoms with Crippen LogP contribution in [0.3, 0.4) is 0 Å². The summed E-state index contributed by atoms with van der Waals surface area (Å²) in [5.41, 5.74) is 0.491. The van der Waals surface area contributed by atoms with Crippen molar-refractivity contribution in [1.82, 2.24) is 10.2 Å². The Balaban J connectivity index is 1.83. The second kappa shape index (κ2) is 8.98. The largest absolute Gasteiger partial charge is 0.379 e. The Morgan fingerprint density at radius 3 is 2.77 bits per heavy atom. The highest BCUT2D eigenvalue weighted by atomic mass is 16.6. The quantitative estimate of drug-likeness (QED) is 0.548. The van der Waals surface area contributed by atoms with Crippen molar-refractivity contribution in [3.8, 4) is 0 Å². The molecule has 1 aromatic rings. The van der Waals surface area contributed by atoms with Crippen LogP contribution in [0.25, 0.3) is 0 Å². The van der Waals surface area contributed by atoms with Gasteiger partial charge >= 0.3 is 0 Å². The minimum Gasteiger partial charge on any atom is -0.379 e. The van der Waals surface area contributed by atoms with Gasteiger partial charge in [-0.05, 0) is 38.9 Å². The Hall–Kier alpha value is -2.15. The molecule has 0 spiro atoms. The maximum Gasteiger partial charge on any atom is 0.292 e. The third kappa shape index (κ3) is 5.17. The summed E-state index contributed by atoms with van der Waals surface area (Å²) in [6, 6.07) is 6.47. The van der Waals surface area contributed by atoms with Gasteiger partial charge in [0.25, 0.3) is 5.69 Å². The van der Waals surface area contributed by atoms with Crippen LogP contribution in [-0.2, 0) is 4.79 Å². The van der Waals surface area contributed by atoms with E-state index in [1.165, 1.54) is 18.9 Å². The molecule has 0 saturated heterocycles. The van der Waals surface area contributed by atoms with E-state index in [9.17, 15) is 14.9 Å². The van der Waals surface area contributed by atoms with Gasteiger partial charge in [-0.15, -0.1) is 0 Å². The van der Waals surface area contributed by atoms with Crippen LogP contribution < -0.4 is 10.6 Å². The Morgan fingerprint density at radius 2 is 2.12 bits per heavy atom. The fourth-order valence-corrected chi connectivity index (χ4v) is 3.80. The summed E-state index contributed by atoms with van der Waals surface area (Å²) in [7, 11) is 4.17. The van der Waals surface area contributed by atoms with Gasteiger partial charge < -0.3 is 15.5 Å². The van der Waals surface area contributed by atoms with Gasteiger partial charge in [-0.3, -0.25) is 14.9 Å². The molecule has 0 aromatic heterocycles. The lowest BCUT2D eigenvalue weighted by Gasteiger charge is -2.45. The van der Waals surface area contributed by atoms with Crippen LogP contribution in [0.15, 0.2) is 24.3 Å². The van der Waals surface area contributed by atoms with E-state index < -0.39 is 4.92 Å². The highest BCUT2D eigenvalue weighted by Crippen LogP contribution is 2.35. The summed E-state index contributed by atoms with van der Waals surface area (Å²) in [5, 5.41) is 17.1. The van der Waals surface area contributed by atoms with Crippen molar-refractivity contribution in [2.75, 3.05) is 32.5 Å². The Bertz CT molecular complexity index is 635. The number of carbonyl (C=O) groups excluding carboxylic acids is 1. The number of para-hydroxylation sites is 2. The molecule has 1 aliphatic carbocycles. The van der Waals surface area contributed by atoms with Gasteiger partial charge in [-0.25, -0.2) is 0 Å². The summed E-state index contributed by atoms with van der Waals surface area (Å²) < 4.78 is 0. The topological polar surface area (TPSA) is 87.5 Å². The maximum absolute atomic E-state index is 12.2. The molecule has 0 bridgehead atoms. The number of carbonyl (C=O) groups is 1. The Morgan fingerprint density at radius 1 is 1.38 bits per heavy atom. The number of likely N-dealkylation sites (N-methyl/N-ethyl adjacent to an activating group) is 1. The van der Waals surface area contributed by atoms with Gasteiger partial charge in [-0.2, -0.15) is 0 Å². The number of hydrogen-bond acceptors (Lipinski definition) is 5. The maximum atomic E-state index is 12.2. The first-order valence-electron chi connectivity index (χ1n) is 9.25. The molecule has 1 amide bonds. The smallest absolute Gasteiger partial charge is 0.292 e. The van der Waals surface area contributed by atoms with Crippen LogP contribution in [0.2, 0.25) is 0 Å². The van der Waals surface area contributed by atoms with Gasteiger partial charge in [0.15, 0.2) is 0 Å². The number of nitro benzene ring substituents is 1. The molecule has 0 aliphatic heterocycles. The van der Waals surface area contributed by atoms with Crippen molar-refractivity contribution in [3.05, 3.63) is 34.4 Å². The number of nitrogens with one attached hydrogen (secondary N) is 2. The molecule has 7 heteroatoms. The van der Waals surface area contributed by atoms with E-state index in [1.807, 2.05) is 0 Å². The summed E-state index contributed by atoms with van der Waals surface area (Å²) in [6.07, 6.45) is 4.91. The predicted molar refractivity (Wildman–Crippen MR) is 103 cm³/mol. The van der Waals surface area contributed by atoms with E-state index in [2.05, 4.69) is 36.6 Å². The van der Waals surface area contributed by atoms with Crippen molar-refractivity contribution in [3.63, 3.8) is 0 Å². The summed E-state index contributed by atoms with van der Waals surface area (Å²) in [4.78, 5) is 25.1. The molecular weight excluding hydrogens is 332 g/mol. The van der Waals surface area contributed by atoms with Gasteiger partial charge in [-0.1, -0.05) is 31.9 Å². The average molecular weight is 362 g/mol. The molecular formula is C19H30N4O3. The average Bonchev–Trinajstić information content (AvgIpc) is 2.60. The zero-order chi connectivity index (χ0) is 19.2. The Labute approximate surface area is 155 Å². The number of rotatable bonds is 8. The molecule has 1 aromatic carbocycles. The third-order valence-electron chi connectivity index (χ3n) is 5.40. The summed E-state index contributed by atoms with van der Waals surface area (Å²) >= 11 is 0. The molecule has 144 valence electrons. The molecule has 0 unspecified atom stereocenters. The second-order valence-corrected chi connectivity index (χ2v) is 7.55. The van der Waals surface area contributed by atoms with Crippen LogP contribution in [0.4, 0.5) is 11.4 Å². The zero-order valence-corrected chi connectivity index (χ0v) is 16.0. The molecule has 26 heavy (non-hydrogen) atoms. The molecule has 2 N–H and O–H groups in total.